The Hall–Kier alpha value is -5.08. The number of para-hydroxylation sites is 1. The van der Waals surface area contributed by atoms with Gasteiger partial charge in [-0.2, -0.15) is 18.4 Å². The number of aromatic nitrogens is 1. The number of hydrogen-bond acceptors (Lipinski definition) is 6. The molecule has 4 aromatic rings. The van der Waals surface area contributed by atoms with Crippen LogP contribution in [0.25, 0.3) is 17.0 Å². The number of rotatable bonds is 8. The van der Waals surface area contributed by atoms with Crippen molar-refractivity contribution in [2.45, 2.75) is 19.7 Å². The molecule has 1 aromatic heterocycles. The molecule has 0 atom stereocenters. The fourth-order valence-corrected chi connectivity index (χ4v) is 4.38. The van der Waals surface area contributed by atoms with Crippen LogP contribution >= 0.6 is 11.6 Å². The summed E-state index contributed by atoms with van der Waals surface area (Å²) in [7, 11) is 1.43. The number of likely N-dealkylation sites (N-methyl/N-ethyl adjacent to an activating group) is 1. The van der Waals surface area contributed by atoms with Crippen molar-refractivity contribution in [3.05, 3.63) is 105 Å². The number of carbonyl (C=O) groups is 2. The zero-order chi connectivity index (χ0) is 31.3. The highest BCUT2D eigenvalue weighted by molar-refractivity contribution is 6.31. The van der Waals surface area contributed by atoms with Crippen LogP contribution in [0.5, 0.6) is 5.75 Å². The molecule has 0 unspecified atom stereocenters. The van der Waals surface area contributed by atoms with Gasteiger partial charge in [-0.1, -0.05) is 41.9 Å². The maximum absolute atomic E-state index is 12.9. The SMILES string of the molecule is Cc1ccc2cccc(OCc3c(Cl)ccc(N(C)C(=O)CNC(=O)/C(N)=C/c4ccc(C(F)(F)F)cc4)c3C#N)c2n1. The van der Waals surface area contributed by atoms with E-state index in [0.717, 1.165) is 23.2 Å². The molecule has 1 heterocycles. The molecule has 12 heteroatoms. The highest BCUT2D eigenvalue weighted by Gasteiger charge is 2.30. The van der Waals surface area contributed by atoms with Gasteiger partial charge in [-0.05, 0) is 55.0 Å². The number of carbonyl (C=O) groups excluding carboxylic acids is 2. The summed E-state index contributed by atoms with van der Waals surface area (Å²) in [6.45, 7) is 1.31. The standard InChI is InChI=1S/C31H25ClF3N5O3/c1-18-6-9-20-4-3-5-27(29(20)39-18)43-17-23-22(15-36)26(13-12-24(23)32)40(2)28(41)16-38-30(42)25(37)14-19-7-10-21(11-8-19)31(33,34)35/h3-14H,16-17,37H2,1-2H3,(H,38,42)/b25-14-. The Morgan fingerprint density at radius 3 is 2.51 bits per heavy atom. The summed E-state index contributed by atoms with van der Waals surface area (Å²) in [6.07, 6.45) is -3.30. The molecule has 0 fully saturated rings. The number of halogens is 4. The van der Waals surface area contributed by atoms with Gasteiger partial charge in [0.1, 0.15) is 23.9 Å². The van der Waals surface area contributed by atoms with Gasteiger partial charge in [0.25, 0.3) is 5.91 Å². The number of anilines is 1. The molecular weight excluding hydrogens is 583 g/mol. The zero-order valence-corrected chi connectivity index (χ0v) is 23.8. The fraction of sp³-hybridized carbons (Fsp3) is 0.161. The summed E-state index contributed by atoms with van der Waals surface area (Å²) in [5.74, 6) is -0.873. The van der Waals surface area contributed by atoms with Gasteiger partial charge in [0.15, 0.2) is 0 Å². The van der Waals surface area contributed by atoms with E-state index >= 15 is 0 Å². The molecule has 43 heavy (non-hydrogen) atoms. The molecule has 0 spiro atoms. The van der Waals surface area contributed by atoms with E-state index in [1.165, 1.54) is 42.3 Å². The molecule has 0 saturated heterocycles. The maximum Gasteiger partial charge on any atom is 0.416 e. The Morgan fingerprint density at radius 2 is 1.84 bits per heavy atom. The number of benzene rings is 3. The van der Waals surface area contributed by atoms with Crippen molar-refractivity contribution in [2.24, 2.45) is 5.73 Å². The molecule has 0 saturated carbocycles. The predicted octanol–water partition coefficient (Wildman–Crippen LogP) is 5.74. The number of amides is 2. The first-order valence-corrected chi connectivity index (χ1v) is 13.2. The molecule has 0 bridgehead atoms. The smallest absolute Gasteiger partial charge is 0.416 e. The Balaban J connectivity index is 1.45. The van der Waals surface area contributed by atoms with Crippen LogP contribution in [0.4, 0.5) is 18.9 Å². The van der Waals surface area contributed by atoms with E-state index in [0.29, 0.717) is 16.8 Å². The molecule has 0 aliphatic heterocycles. The van der Waals surface area contributed by atoms with E-state index in [1.807, 2.05) is 31.2 Å². The van der Waals surface area contributed by atoms with Crippen LogP contribution in [0.15, 0.2) is 72.4 Å². The molecule has 220 valence electrons. The van der Waals surface area contributed by atoms with Gasteiger partial charge in [-0.3, -0.25) is 9.59 Å². The first-order valence-electron chi connectivity index (χ1n) is 12.8. The lowest BCUT2D eigenvalue weighted by molar-refractivity contribution is -0.137. The van der Waals surface area contributed by atoms with Gasteiger partial charge in [0.2, 0.25) is 5.91 Å². The van der Waals surface area contributed by atoms with Gasteiger partial charge in [0, 0.05) is 28.7 Å². The van der Waals surface area contributed by atoms with Crippen molar-refractivity contribution in [1.29, 1.82) is 5.26 Å². The Labute approximate surface area is 250 Å². The number of aryl methyl sites for hydroxylation is 1. The average molecular weight is 608 g/mol. The third kappa shape index (κ3) is 7.23. The second-order valence-electron chi connectivity index (χ2n) is 9.46. The zero-order valence-electron chi connectivity index (χ0n) is 23.0. The normalized spacial score (nSPS) is 11.6. The number of nitriles is 1. The van der Waals surface area contributed by atoms with Crippen LogP contribution < -0.4 is 20.7 Å². The van der Waals surface area contributed by atoms with Gasteiger partial charge >= 0.3 is 6.18 Å². The number of nitrogens with zero attached hydrogens (tertiary/aromatic N) is 3. The monoisotopic (exact) mass is 607 g/mol. The highest BCUT2D eigenvalue weighted by Crippen LogP contribution is 2.32. The average Bonchev–Trinajstić information content (AvgIpc) is 2.98. The third-order valence-electron chi connectivity index (χ3n) is 6.50. The molecule has 0 radical (unpaired) electrons. The fourth-order valence-electron chi connectivity index (χ4n) is 4.16. The van der Waals surface area contributed by atoms with Crippen molar-refractivity contribution in [3.63, 3.8) is 0 Å². The first-order chi connectivity index (χ1) is 20.4. The second kappa shape index (κ2) is 12.8. The van der Waals surface area contributed by atoms with Crippen molar-refractivity contribution in [1.82, 2.24) is 10.3 Å². The number of pyridine rings is 1. The van der Waals surface area contributed by atoms with Crippen LogP contribution in [0, 0.1) is 18.3 Å². The number of nitrogens with two attached hydrogens (primary N) is 1. The lowest BCUT2D eigenvalue weighted by Crippen LogP contribution is -2.40. The summed E-state index contributed by atoms with van der Waals surface area (Å²) in [4.78, 5) is 31.1. The van der Waals surface area contributed by atoms with Crippen LogP contribution in [0.3, 0.4) is 0 Å². The minimum Gasteiger partial charge on any atom is -0.487 e. The van der Waals surface area contributed by atoms with Gasteiger partial charge in [-0.25, -0.2) is 4.98 Å². The Morgan fingerprint density at radius 1 is 1.12 bits per heavy atom. The summed E-state index contributed by atoms with van der Waals surface area (Å²) < 4.78 is 44.3. The summed E-state index contributed by atoms with van der Waals surface area (Å²) in [5.41, 5.74) is 7.08. The second-order valence-corrected chi connectivity index (χ2v) is 9.86. The minimum atomic E-state index is -4.49. The number of hydrogen-bond donors (Lipinski definition) is 2. The Bertz CT molecular complexity index is 1770. The lowest BCUT2D eigenvalue weighted by Gasteiger charge is -2.21. The van der Waals surface area contributed by atoms with Gasteiger partial charge < -0.3 is 20.7 Å². The predicted molar refractivity (Wildman–Crippen MR) is 157 cm³/mol. The van der Waals surface area contributed by atoms with Crippen molar-refractivity contribution < 1.29 is 27.5 Å². The van der Waals surface area contributed by atoms with E-state index in [2.05, 4.69) is 16.4 Å². The Kier molecular flexibility index (Phi) is 9.21. The highest BCUT2D eigenvalue weighted by atomic mass is 35.5. The van der Waals surface area contributed by atoms with Crippen molar-refractivity contribution >= 4 is 46.1 Å². The van der Waals surface area contributed by atoms with E-state index in [9.17, 15) is 28.0 Å². The largest absolute Gasteiger partial charge is 0.487 e. The van der Waals surface area contributed by atoms with Crippen LogP contribution in [0.1, 0.15) is 27.9 Å². The number of fused-ring (bicyclic) bond motifs is 1. The molecule has 0 aliphatic rings. The van der Waals surface area contributed by atoms with E-state index < -0.39 is 30.1 Å². The molecule has 3 N–H and O–H groups in total. The first kappa shape index (κ1) is 30.9. The molecule has 0 aliphatic carbocycles. The van der Waals surface area contributed by atoms with Crippen LogP contribution in [-0.4, -0.2) is 30.4 Å². The summed E-state index contributed by atoms with van der Waals surface area (Å²) in [6, 6.07) is 18.5. The molecule has 4 rings (SSSR count). The summed E-state index contributed by atoms with van der Waals surface area (Å²) >= 11 is 6.43. The van der Waals surface area contributed by atoms with E-state index in [1.54, 1.807) is 6.07 Å². The summed E-state index contributed by atoms with van der Waals surface area (Å²) in [5, 5.41) is 13.5. The van der Waals surface area contributed by atoms with E-state index in [-0.39, 0.29) is 34.1 Å². The van der Waals surface area contributed by atoms with E-state index in [4.69, 9.17) is 22.1 Å². The maximum atomic E-state index is 12.9. The number of ether oxygens (including phenoxy) is 1. The topological polar surface area (TPSA) is 121 Å². The lowest BCUT2D eigenvalue weighted by atomic mass is 10.1. The molecule has 2 amide bonds. The quantitative estimate of drug-likeness (QED) is 0.246. The van der Waals surface area contributed by atoms with Crippen LogP contribution in [0.2, 0.25) is 5.02 Å². The number of alkyl halides is 3. The van der Waals surface area contributed by atoms with Gasteiger partial charge in [-0.15, -0.1) is 0 Å². The molecule has 8 nitrogen and oxygen atoms in total. The van der Waals surface area contributed by atoms with Gasteiger partial charge in [0.05, 0.1) is 29.1 Å². The van der Waals surface area contributed by atoms with Crippen molar-refractivity contribution in [3.8, 4) is 11.8 Å². The molecule has 3 aromatic carbocycles. The minimum absolute atomic E-state index is 0.0751. The van der Waals surface area contributed by atoms with Crippen molar-refractivity contribution in [2.75, 3.05) is 18.5 Å². The molecular formula is C31H25ClF3N5O3. The number of nitrogens with one attached hydrogen (secondary N) is 1. The third-order valence-corrected chi connectivity index (χ3v) is 6.85. The van der Waals surface area contributed by atoms with Crippen LogP contribution in [-0.2, 0) is 22.4 Å².